The molecular formula is C27H21N3OS. The van der Waals surface area contributed by atoms with Crippen LogP contribution in [0.1, 0.15) is 6.92 Å². The van der Waals surface area contributed by atoms with E-state index in [0.717, 1.165) is 37.8 Å². The minimum atomic E-state index is -0.0661. The number of rotatable bonds is 5. The van der Waals surface area contributed by atoms with Crippen LogP contribution in [0.5, 0.6) is 0 Å². The quantitative estimate of drug-likeness (QED) is 0.286. The van der Waals surface area contributed by atoms with Gasteiger partial charge in [-0.1, -0.05) is 36.0 Å². The van der Waals surface area contributed by atoms with Crippen LogP contribution in [0.4, 0.5) is 17.1 Å². The monoisotopic (exact) mass is 435 g/mol. The fourth-order valence-corrected chi connectivity index (χ4v) is 4.47. The van der Waals surface area contributed by atoms with Crippen molar-refractivity contribution in [1.29, 1.82) is 0 Å². The van der Waals surface area contributed by atoms with Crippen LogP contribution in [0.15, 0.2) is 107 Å². The highest BCUT2D eigenvalue weighted by atomic mass is 32.2. The van der Waals surface area contributed by atoms with Gasteiger partial charge in [0.1, 0.15) is 0 Å². The summed E-state index contributed by atoms with van der Waals surface area (Å²) < 4.78 is 0. The van der Waals surface area contributed by atoms with E-state index in [1.165, 1.54) is 17.7 Å². The van der Waals surface area contributed by atoms with Gasteiger partial charge in [0, 0.05) is 45.4 Å². The normalized spacial score (nSPS) is 10.9. The summed E-state index contributed by atoms with van der Waals surface area (Å²) in [6.45, 7) is 1.51. The lowest BCUT2D eigenvalue weighted by atomic mass is 10.1. The Morgan fingerprint density at radius 2 is 1.41 bits per heavy atom. The van der Waals surface area contributed by atoms with Crippen molar-refractivity contribution in [2.24, 2.45) is 0 Å². The maximum absolute atomic E-state index is 11.2. The van der Waals surface area contributed by atoms with Crippen LogP contribution in [-0.4, -0.2) is 10.9 Å². The van der Waals surface area contributed by atoms with Crippen LogP contribution in [0.3, 0.4) is 0 Å². The molecule has 5 aromatic rings. The van der Waals surface area contributed by atoms with Crippen molar-refractivity contribution >= 4 is 56.4 Å². The molecule has 0 radical (unpaired) electrons. The van der Waals surface area contributed by atoms with Gasteiger partial charge in [0.05, 0.1) is 5.52 Å². The number of anilines is 3. The van der Waals surface area contributed by atoms with Crippen LogP contribution in [0.2, 0.25) is 0 Å². The first-order chi connectivity index (χ1) is 15.6. The number of pyridine rings is 1. The largest absolute Gasteiger partial charge is 0.355 e. The zero-order valence-electron chi connectivity index (χ0n) is 17.5. The summed E-state index contributed by atoms with van der Waals surface area (Å²) in [5.74, 6) is -0.0661. The zero-order chi connectivity index (χ0) is 21.9. The second-order valence-corrected chi connectivity index (χ2v) is 8.68. The van der Waals surface area contributed by atoms with Gasteiger partial charge in [0.15, 0.2) is 0 Å². The molecule has 0 fully saturated rings. The molecule has 156 valence electrons. The Morgan fingerprint density at radius 1 is 0.781 bits per heavy atom. The summed E-state index contributed by atoms with van der Waals surface area (Å²) in [5.41, 5.74) is 3.84. The lowest BCUT2D eigenvalue weighted by molar-refractivity contribution is -0.114. The Kier molecular flexibility index (Phi) is 5.48. The van der Waals surface area contributed by atoms with E-state index in [-0.39, 0.29) is 5.91 Å². The van der Waals surface area contributed by atoms with Crippen LogP contribution in [-0.2, 0) is 4.79 Å². The Hall–Kier alpha value is -3.83. The van der Waals surface area contributed by atoms with E-state index >= 15 is 0 Å². The standard InChI is InChI=1S/C27H21N3OS/c1-18(31)29-21-6-10-23(11-7-21)32-24-12-8-22(9-13-24)30-26-14-15-28-27-17-20-5-3-2-4-19(20)16-25(26)27/h2-17H,1H3,(H,28,30)(H,29,31). The fraction of sp³-hybridized carbons (Fsp3) is 0.0370. The Labute approximate surface area is 190 Å². The SMILES string of the molecule is CC(=O)Nc1ccc(Sc2ccc(Nc3ccnc4cc5ccccc5cc34)cc2)cc1. The predicted molar refractivity (Wildman–Crippen MR) is 134 cm³/mol. The molecular weight excluding hydrogens is 414 g/mol. The van der Waals surface area contributed by atoms with Gasteiger partial charge >= 0.3 is 0 Å². The molecule has 0 bridgehead atoms. The van der Waals surface area contributed by atoms with E-state index in [0.29, 0.717) is 0 Å². The maximum Gasteiger partial charge on any atom is 0.221 e. The fourth-order valence-electron chi connectivity index (χ4n) is 3.65. The second kappa shape index (κ2) is 8.73. The Balaban J connectivity index is 1.34. The molecule has 0 saturated heterocycles. The topological polar surface area (TPSA) is 54.0 Å². The third-order valence-electron chi connectivity index (χ3n) is 5.15. The molecule has 5 rings (SSSR count). The van der Waals surface area contributed by atoms with E-state index < -0.39 is 0 Å². The molecule has 2 N–H and O–H groups in total. The molecule has 0 unspecified atom stereocenters. The van der Waals surface area contributed by atoms with Crippen LogP contribution in [0.25, 0.3) is 21.7 Å². The van der Waals surface area contributed by atoms with Gasteiger partial charge in [-0.2, -0.15) is 0 Å². The smallest absolute Gasteiger partial charge is 0.221 e. The summed E-state index contributed by atoms with van der Waals surface area (Å²) in [6.07, 6.45) is 1.84. The van der Waals surface area contributed by atoms with Crippen molar-refractivity contribution in [2.75, 3.05) is 10.6 Å². The number of carbonyl (C=O) groups is 1. The Bertz CT molecular complexity index is 1410. The first-order valence-electron chi connectivity index (χ1n) is 10.3. The summed E-state index contributed by atoms with van der Waals surface area (Å²) in [6, 6.07) is 30.9. The van der Waals surface area contributed by atoms with Crippen molar-refractivity contribution in [3.8, 4) is 0 Å². The van der Waals surface area contributed by atoms with Gasteiger partial charge in [-0.15, -0.1) is 0 Å². The first kappa shape index (κ1) is 20.1. The van der Waals surface area contributed by atoms with Crippen LogP contribution >= 0.6 is 11.8 Å². The van der Waals surface area contributed by atoms with Crippen LogP contribution in [0, 0.1) is 0 Å². The summed E-state index contributed by atoms with van der Waals surface area (Å²) in [4.78, 5) is 18.0. The highest BCUT2D eigenvalue weighted by molar-refractivity contribution is 7.99. The van der Waals surface area contributed by atoms with Gasteiger partial charge in [-0.25, -0.2) is 0 Å². The van der Waals surface area contributed by atoms with Crippen LogP contribution < -0.4 is 10.6 Å². The third kappa shape index (κ3) is 4.43. The number of fused-ring (bicyclic) bond motifs is 2. The van der Waals surface area contributed by atoms with Crippen molar-refractivity contribution in [2.45, 2.75) is 16.7 Å². The second-order valence-electron chi connectivity index (χ2n) is 7.53. The number of benzene rings is 4. The van der Waals surface area contributed by atoms with E-state index in [2.05, 4.69) is 70.2 Å². The number of amides is 1. The van der Waals surface area contributed by atoms with E-state index in [4.69, 9.17) is 0 Å². The molecule has 0 atom stereocenters. The lowest BCUT2D eigenvalue weighted by Crippen LogP contribution is -2.05. The number of hydrogen-bond acceptors (Lipinski definition) is 4. The third-order valence-corrected chi connectivity index (χ3v) is 6.17. The maximum atomic E-state index is 11.2. The van der Waals surface area contributed by atoms with Crippen molar-refractivity contribution < 1.29 is 4.79 Å². The highest BCUT2D eigenvalue weighted by Gasteiger charge is 2.06. The van der Waals surface area contributed by atoms with E-state index in [9.17, 15) is 4.79 Å². The molecule has 0 aliphatic carbocycles. The molecule has 5 heteroatoms. The molecule has 1 aromatic heterocycles. The molecule has 32 heavy (non-hydrogen) atoms. The minimum absolute atomic E-state index is 0.0661. The average molecular weight is 436 g/mol. The van der Waals surface area contributed by atoms with Gasteiger partial charge in [-0.3, -0.25) is 9.78 Å². The Morgan fingerprint density at radius 3 is 2.06 bits per heavy atom. The number of carbonyl (C=O) groups excluding carboxylic acids is 1. The van der Waals surface area contributed by atoms with E-state index in [1.54, 1.807) is 11.8 Å². The summed E-state index contributed by atoms with van der Waals surface area (Å²) >= 11 is 1.68. The van der Waals surface area contributed by atoms with Crippen molar-refractivity contribution in [3.05, 3.63) is 97.2 Å². The predicted octanol–water partition coefficient (Wildman–Crippen LogP) is 7.24. The lowest BCUT2D eigenvalue weighted by Gasteiger charge is -2.11. The molecule has 0 aliphatic rings. The molecule has 0 spiro atoms. The summed E-state index contributed by atoms with van der Waals surface area (Å²) in [5, 5.41) is 9.82. The molecule has 4 aromatic carbocycles. The van der Waals surface area contributed by atoms with E-state index in [1.807, 2.05) is 42.6 Å². The van der Waals surface area contributed by atoms with Gasteiger partial charge in [0.2, 0.25) is 5.91 Å². The van der Waals surface area contributed by atoms with Gasteiger partial charge < -0.3 is 10.6 Å². The molecule has 0 saturated carbocycles. The number of nitrogens with zero attached hydrogens (tertiary/aromatic N) is 1. The number of hydrogen-bond donors (Lipinski definition) is 2. The average Bonchev–Trinajstić information content (AvgIpc) is 2.80. The van der Waals surface area contributed by atoms with Crippen molar-refractivity contribution in [1.82, 2.24) is 4.98 Å². The van der Waals surface area contributed by atoms with Gasteiger partial charge in [-0.05, 0) is 77.5 Å². The number of nitrogens with one attached hydrogen (secondary N) is 2. The van der Waals surface area contributed by atoms with Crippen molar-refractivity contribution in [3.63, 3.8) is 0 Å². The highest BCUT2D eigenvalue weighted by Crippen LogP contribution is 2.32. The zero-order valence-corrected chi connectivity index (χ0v) is 18.3. The first-order valence-corrected chi connectivity index (χ1v) is 11.2. The summed E-state index contributed by atoms with van der Waals surface area (Å²) in [7, 11) is 0. The molecule has 0 aliphatic heterocycles. The van der Waals surface area contributed by atoms with Gasteiger partial charge in [0.25, 0.3) is 0 Å². The molecule has 1 heterocycles. The molecule has 4 nitrogen and oxygen atoms in total. The minimum Gasteiger partial charge on any atom is -0.355 e. The molecule has 1 amide bonds. The number of aromatic nitrogens is 1.